The van der Waals surface area contributed by atoms with E-state index in [-0.39, 0.29) is 18.2 Å². The Kier molecular flexibility index (Phi) is 7.26. The van der Waals surface area contributed by atoms with Gasteiger partial charge in [0.05, 0.1) is 12.9 Å². The van der Waals surface area contributed by atoms with Crippen LogP contribution in [0.25, 0.3) is 11.2 Å². The minimum Gasteiger partial charge on any atom is -0.465 e. The molecular formula is C24H31FN7O6PS. The lowest BCUT2D eigenvalue weighted by molar-refractivity contribution is -0.144. The molecule has 1 saturated heterocycles. The van der Waals surface area contributed by atoms with E-state index in [1.807, 2.05) is 0 Å². The van der Waals surface area contributed by atoms with Crippen LogP contribution < -0.4 is 20.2 Å². The highest BCUT2D eigenvalue weighted by Gasteiger charge is 2.85. The van der Waals surface area contributed by atoms with E-state index in [9.17, 15) is 9.90 Å². The van der Waals surface area contributed by atoms with E-state index in [0.29, 0.717) is 17.1 Å². The second-order valence-electron chi connectivity index (χ2n) is 9.96. The van der Waals surface area contributed by atoms with Crippen LogP contribution in [0.2, 0.25) is 0 Å². The summed E-state index contributed by atoms with van der Waals surface area (Å²) in [5.41, 5.74) is 2.07. The Morgan fingerprint density at radius 3 is 2.67 bits per heavy atom. The number of halogens is 1. The molecule has 1 aliphatic heterocycles. The zero-order valence-electron chi connectivity index (χ0n) is 22.5. The molecule has 40 heavy (non-hydrogen) atoms. The second-order valence-corrected chi connectivity index (χ2v) is 13.1. The predicted molar refractivity (Wildman–Crippen MR) is 148 cm³/mol. The van der Waals surface area contributed by atoms with Crippen LogP contribution in [-0.4, -0.2) is 80.8 Å². The number of alkyl halides is 1. The molecule has 1 aromatic carbocycles. The van der Waals surface area contributed by atoms with Gasteiger partial charge in [-0.1, -0.05) is 18.2 Å². The summed E-state index contributed by atoms with van der Waals surface area (Å²) in [7, 11) is 3.54. The van der Waals surface area contributed by atoms with Crippen LogP contribution in [0.3, 0.4) is 0 Å². The minimum absolute atomic E-state index is 0.0258. The maximum absolute atomic E-state index is 16.5. The fraction of sp³-hybridized carbons (Fsp3) is 0.500. The van der Waals surface area contributed by atoms with Gasteiger partial charge in [0, 0.05) is 14.1 Å². The first-order valence-electron chi connectivity index (χ1n) is 12.5. The predicted octanol–water partition coefficient (Wildman–Crippen LogP) is 2.07. The summed E-state index contributed by atoms with van der Waals surface area (Å²) in [6, 6.07) is 7.69. The van der Waals surface area contributed by atoms with Crippen LogP contribution in [0, 0.1) is 0 Å². The number of carbonyl (C=O) groups is 1. The van der Waals surface area contributed by atoms with Crippen molar-refractivity contribution < 1.29 is 32.8 Å². The molecule has 2 aliphatic rings. The molecule has 1 saturated carbocycles. The van der Waals surface area contributed by atoms with Crippen molar-refractivity contribution in [1.29, 1.82) is 0 Å². The molecule has 0 spiro atoms. The van der Waals surface area contributed by atoms with Gasteiger partial charge in [-0.05, 0) is 44.7 Å². The smallest absolute Gasteiger partial charge is 0.323 e. The van der Waals surface area contributed by atoms with Crippen LogP contribution in [-0.2, 0) is 30.6 Å². The van der Waals surface area contributed by atoms with Crippen LogP contribution in [0.1, 0.15) is 27.0 Å². The second kappa shape index (κ2) is 10.2. The van der Waals surface area contributed by atoms with Crippen molar-refractivity contribution in [3.8, 4) is 5.75 Å². The molecule has 7 atom stereocenters. The highest BCUT2D eigenvalue weighted by atomic mass is 32.5. The monoisotopic (exact) mass is 595 g/mol. The largest absolute Gasteiger partial charge is 0.465 e. The molecule has 2 fully saturated rings. The summed E-state index contributed by atoms with van der Waals surface area (Å²) < 4.78 is 41.0. The van der Waals surface area contributed by atoms with Gasteiger partial charge in [0.25, 0.3) is 0 Å². The first-order chi connectivity index (χ1) is 18.8. The van der Waals surface area contributed by atoms with Crippen LogP contribution in [0.4, 0.5) is 16.2 Å². The molecule has 0 amide bonds. The van der Waals surface area contributed by atoms with E-state index < -0.39 is 48.4 Å². The molecule has 2 unspecified atom stereocenters. The zero-order valence-corrected chi connectivity index (χ0v) is 24.2. The van der Waals surface area contributed by atoms with E-state index in [2.05, 4.69) is 20.0 Å². The molecule has 1 aliphatic carbocycles. The van der Waals surface area contributed by atoms with Crippen molar-refractivity contribution in [2.75, 3.05) is 31.3 Å². The van der Waals surface area contributed by atoms with Gasteiger partial charge in [0.15, 0.2) is 34.5 Å². The van der Waals surface area contributed by atoms with Gasteiger partial charge in [0.1, 0.15) is 24.0 Å². The minimum atomic E-state index is -3.55. The summed E-state index contributed by atoms with van der Waals surface area (Å²) in [5.74, 6) is 0.226. The first-order valence-corrected chi connectivity index (χ1v) is 15.2. The molecule has 216 valence electrons. The number of benzene rings is 1. The molecule has 2 aromatic heterocycles. The van der Waals surface area contributed by atoms with Gasteiger partial charge < -0.3 is 29.7 Å². The van der Waals surface area contributed by atoms with E-state index in [4.69, 9.17) is 36.1 Å². The lowest BCUT2D eigenvalue weighted by Crippen LogP contribution is -2.45. The number of nitrogens with one attached hydrogen (secondary N) is 1. The SMILES string of the molecule is CCOC(=O)[C@H](C)NP(=S)(Oc1ccccc1)OC1[C@H]2O[C@@H](n3cnc4c(N(C)C)nc(N)nc43)[C@](C)(F)[C@@]12O. The van der Waals surface area contributed by atoms with Crippen molar-refractivity contribution in [1.82, 2.24) is 24.6 Å². The summed E-state index contributed by atoms with van der Waals surface area (Å²) >= 11 is 5.72. The normalized spacial score (nSPS) is 29.4. The fourth-order valence-corrected chi connectivity index (χ4v) is 7.50. The maximum atomic E-state index is 16.5. The Balaban J connectivity index is 1.42. The van der Waals surface area contributed by atoms with E-state index in [1.165, 1.54) is 17.8 Å². The van der Waals surface area contributed by atoms with Crippen molar-refractivity contribution in [2.45, 2.75) is 56.5 Å². The average Bonchev–Trinajstić information content (AvgIpc) is 3.15. The van der Waals surface area contributed by atoms with Crippen molar-refractivity contribution in [3.63, 3.8) is 0 Å². The molecular weight excluding hydrogens is 564 g/mol. The van der Waals surface area contributed by atoms with Crippen LogP contribution >= 0.6 is 6.64 Å². The third-order valence-corrected chi connectivity index (χ3v) is 9.32. The number of imidazole rings is 1. The first kappa shape index (κ1) is 28.6. The van der Waals surface area contributed by atoms with E-state index in [1.54, 1.807) is 63.2 Å². The van der Waals surface area contributed by atoms with Crippen molar-refractivity contribution >= 4 is 47.3 Å². The molecule has 3 heterocycles. The number of rotatable bonds is 10. The number of carbonyl (C=O) groups excluding carboxylic acids is 1. The summed E-state index contributed by atoms with van der Waals surface area (Å²) in [4.78, 5) is 26.8. The number of aliphatic hydroxyl groups is 1. The molecule has 16 heteroatoms. The lowest BCUT2D eigenvalue weighted by atomic mass is 9.97. The highest BCUT2D eigenvalue weighted by Crippen LogP contribution is 2.66. The van der Waals surface area contributed by atoms with Gasteiger partial charge in [0.2, 0.25) is 5.95 Å². The summed E-state index contributed by atoms with van der Waals surface area (Å²) in [6.07, 6.45) is -2.24. The molecule has 13 nitrogen and oxygen atoms in total. The van der Waals surface area contributed by atoms with E-state index in [0.717, 1.165) is 0 Å². The Morgan fingerprint density at radius 2 is 2.08 bits per heavy atom. The molecule has 0 bridgehead atoms. The molecule has 3 aromatic rings. The van der Waals surface area contributed by atoms with Crippen LogP contribution in [0.5, 0.6) is 5.75 Å². The number of esters is 1. The van der Waals surface area contributed by atoms with Crippen LogP contribution in [0.15, 0.2) is 36.7 Å². The summed E-state index contributed by atoms with van der Waals surface area (Å²) in [5, 5.41) is 14.4. The number of nitrogen functional groups attached to an aromatic ring is 1. The third kappa shape index (κ3) is 4.70. The Hall–Kier alpha value is -2.94. The molecule has 4 N–H and O–H groups in total. The Bertz CT molecular complexity index is 1480. The number of hydrogen-bond donors (Lipinski definition) is 3. The topological polar surface area (TPSA) is 159 Å². The number of fused-ring (bicyclic) bond motifs is 2. The number of nitrogens with two attached hydrogens (primary N) is 1. The fourth-order valence-electron chi connectivity index (χ4n) is 4.78. The van der Waals surface area contributed by atoms with E-state index >= 15 is 4.39 Å². The summed E-state index contributed by atoms with van der Waals surface area (Å²) in [6.45, 7) is 1.05. The number of aromatic nitrogens is 4. The number of anilines is 2. The number of para-hydroxylation sites is 1. The van der Waals surface area contributed by atoms with Crippen molar-refractivity contribution in [2.24, 2.45) is 0 Å². The van der Waals surface area contributed by atoms with Crippen molar-refractivity contribution in [3.05, 3.63) is 36.7 Å². The number of hydrogen-bond acceptors (Lipinski definition) is 12. The van der Waals surface area contributed by atoms with Gasteiger partial charge in [-0.15, -0.1) is 0 Å². The van der Waals surface area contributed by atoms with Gasteiger partial charge in [-0.2, -0.15) is 9.97 Å². The van der Waals surface area contributed by atoms with Gasteiger partial charge in [-0.3, -0.25) is 13.9 Å². The molecule has 0 radical (unpaired) electrons. The lowest BCUT2D eigenvalue weighted by Gasteiger charge is -2.33. The molecule has 5 rings (SSSR count). The average molecular weight is 596 g/mol. The maximum Gasteiger partial charge on any atom is 0.323 e. The van der Waals surface area contributed by atoms with Gasteiger partial charge >= 0.3 is 12.6 Å². The number of ether oxygens (including phenoxy) is 2. The Morgan fingerprint density at radius 1 is 1.38 bits per heavy atom. The highest BCUT2D eigenvalue weighted by molar-refractivity contribution is 8.09. The third-order valence-electron chi connectivity index (χ3n) is 6.87. The number of nitrogens with zero attached hydrogens (tertiary/aromatic N) is 5. The van der Waals surface area contributed by atoms with Gasteiger partial charge in [-0.25, -0.2) is 14.5 Å². The standard InChI is InChI=1S/C24H31FN7O6PS/c1-6-35-20(33)13(2)30-39(40,37-14-10-8-7-9-11-14)38-17-16-24(17,34)23(3,25)21(36-16)32-12-27-15-18(31(4)5)28-22(26)29-19(15)32/h7-13,16-17,21,34H,6H2,1-5H3,(H,30,40)(H2,26,28,29)/t13-,16+,17?,21+,23-,24-,39?/m0/s1. The quantitative estimate of drug-likeness (QED) is 0.231. The Labute approximate surface area is 235 Å². The zero-order chi connectivity index (χ0) is 29.0.